The van der Waals surface area contributed by atoms with Crippen LogP contribution >= 0.6 is 15.9 Å². The SMILES string of the molecule is COc1cc(Br)cc(C=Nc2ccccc2N=C(c2ccccc2)c2c(C)[nH]n(-c3ccccc3)c2=O)c1O. The van der Waals surface area contributed by atoms with Gasteiger partial charge in [0.15, 0.2) is 11.5 Å². The number of halogens is 1. The Morgan fingerprint density at radius 2 is 1.59 bits per heavy atom. The smallest absolute Gasteiger partial charge is 0.280 e. The number of phenols is 1. The summed E-state index contributed by atoms with van der Waals surface area (Å²) in [5.41, 5.74) is 4.64. The van der Waals surface area contributed by atoms with Crippen LogP contribution in [0.15, 0.2) is 116 Å². The van der Waals surface area contributed by atoms with Crippen LogP contribution in [-0.2, 0) is 0 Å². The van der Waals surface area contributed by atoms with Gasteiger partial charge in [0.2, 0.25) is 0 Å². The summed E-state index contributed by atoms with van der Waals surface area (Å²) in [5, 5.41) is 13.8. The summed E-state index contributed by atoms with van der Waals surface area (Å²) >= 11 is 3.44. The first kappa shape index (κ1) is 25.9. The van der Waals surface area contributed by atoms with Gasteiger partial charge in [0.25, 0.3) is 5.56 Å². The number of phenolic OH excluding ortho intramolecular Hbond substituents is 1. The molecule has 1 heterocycles. The van der Waals surface area contributed by atoms with Crippen LogP contribution in [0, 0.1) is 6.92 Å². The quantitative estimate of drug-likeness (QED) is 0.206. The molecule has 1 aromatic heterocycles. The maximum atomic E-state index is 13.7. The lowest BCUT2D eigenvalue weighted by atomic mass is 10.0. The van der Waals surface area contributed by atoms with Crippen molar-refractivity contribution >= 4 is 39.2 Å². The monoisotopic (exact) mass is 580 g/mol. The summed E-state index contributed by atoms with van der Waals surface area (Å²) in [5.74, 6) is 0.320. The summed E-state index contributed by atoms with van der Waals surface area (Å²) < 4.78 is 7.52. The normalized spacial score (nSPS) is 11.7. The van der Waals surface area contributed by atoms with Crippen molar-refractivity contribution in [1.29, 1.82) is 0 Å². The molecular weight excluding hydrogens is 556 g/mol. The van der Waals surface area contributed by atoms with Gasteiger partial charge in [-0.1, -0.05) is 76.6 Å². The Morgan fingerprint density at radius 3 is 2.28 bits per heavy atom. The second-order valence-corrected chi connectivity index (χ2v) is 9.62. The lowest BCUT2D eigenvalue weighted by Gasteiger charge is -2.08. The number of aliphatic imine (C=N–C) groups is 2. The number of benzene rings is 4. The highest BCUT2D eigenvalue weighted by Crippen LogP contribution is 2.34. The number of aromatic amines is 1. The van der Waals surface area contributed by atoms with Gasteiger partial charge in [-0.15, -0.1) is 0 Å². The van der Waals surface area contributed by atoms with Crippen molar-refractivity contribution < 1.29 is 9.84 Å². The number of aromatic nitrogens is 2. The number of ether oxygens (including phenoxy) is 1. The van der Waals surface area contributed by atoms with Gasteiger partial charge < -0.3 is 9.84 Å². The number of nitrogens with one attached hydrogen (secondary N) is 1. The fourth-order valence-corrected chi connectivity index (χ4v) is 4.68. The number of methoxy groups -OCH3 is 1. The summed E-state index contributed by atoms with van der Waals surface area (Å²) in [6, 6.07) is 29.8. The molecule has 0 aliphatic heterocycles. The van der Waals surface area contributed by atoms with Crippen molar-refractivity contribution in [3.05, 3.63) is 134 Å². The largest absolute Gasteiger partial charge is 0.504 e. The Kier molecular flexibility index (Phi) is 7.56. The number of para-hydroxylation sites is 3. The number of hydrogen-bond acceptors (Lipinski definition) is 5. The van der Waals surface area contributed by atoms with E-state index in [9.17, 15) is 9.90 Å². The third-order valence-corrected chi connectivity index (χ3v) is 6.57. The molecule has 4 aromatic carbocycles. The molecule has 194 valence electrons. The third-order valence-electron chi connectivity index (χ3n) is 6.12. The molecule has 0 radical (unpaired) electrons. The van der Waals surface area contributed by atoms with Gasteiger partial charge in [-0.25, -0.2) is 9.67 Å². The first-order valence-electron chi connectivity index (χ1n) is 12.2. The van der Waals surface area contributed by atoms with Crippen LogP contribution in [-0.4, -0.2) is 33.9 Å². The van der Waals surface area contributed by atoms with E-state index in [0.717, 1.165) is 15.7 Å². The highest BCUT2D eigenvalue weighted by Gasteiger charge is 2.20. The number of aryl methyl sites for hydroxylation is 1. The van der Waals surface area contributed by atoms with Crippen molar-refractivity contribution in [2.75, 3.05) is 7.11 Å². The van der Waals surface area contributed by atoms with E-state index in [1.807, 2.05) is 91.9 Å². The zero-order valence-electron chi connectivity index (χ0n) is 21.3. The lowest BCUT2D eigenvalue weighted by Crippen LogP contribution is -2.21. The Hall–Kier alpha value is -4.69. The van der Waals surface area contributed by atoms with Gasteiger partial charge in [-0.3, -0.25) is 14.9 Å². The predicted octanol–water partition coefficient (Wildman–Crippen LogP) is 6.87. The van der Waals surface area contributed by atoms with Crippen LogP contribution < -0.4 is 10.3 Å². The summed E-state index contributed by atoms with van der Waals surface area (Å²) in [4.78, 5) is 23.3. The molecule has 0 spiro atoms. The second-order valence-electron chi connectivity index (χ2n) is 8.71. The van der Waals surface area contributed by atoms with Crippen LogP contribution in [0.5, 0.6) is 11.5 Å². The van der Waals surface area contributed by atoms with E-state index in [1.165, 1.54) is 11.8 Å². The van der Waals surface area contributed by atoms with Gasteiger partial charge >= 0.3 is 0 Å². The van der Waals surface area contributed by atoms with E-state index >= 15 is 0 Å². The molecule has 0 saturated heterocycles. The lowest BCUT2D eigenvalue weighted by molar-refractivity contribution is 0.373. The first-order valence-corrected chi connectivity index (χ1v) is 13.0. The molecule has 0 saturated carbocycles. The van der Waals surface area contributed by atoms with Gasteiger partial charge in [0.05, 0.1) is 35.4 Å². The fraction of sp³-hybridized carbons (Fsp3) is 0.0645. The molecule has 0 fully saturated rings. The molecule has 0 aliphatic carbocycles. The summed E-state index contributed by atoms with van der Waals surface area (Å²) in [6.07, 6.45) is 1.56. The molecule has 39 heavy (non-hydrogen) atoms. The van der Waals surface area contributed by atoms with Gasteiger partial charge in [0, 0.05) is 27.5 Å². The first-order chi connectivity index (χ1) is 19.0. The molecule has 0 atom stereocenters. The van der Waals surface area contributed by atoms with E-state index in [2.05, 4.69) is 26.0 Å². The number of nitrogens with zero attached hydrogens (tertiary/aromatic N) is 3. The van der Waals surface area contributed by atoms with Crippen molar-refractivity contribution in [3.8, 4) is 17.2 Å². The molecule has 5 aromatic rings. The summed E-state index contributed by atoms with van der Waals surface area (Å²) in [6.45, 7) is 1.86. The van der Waals surface area contributed by atoms with Crippen LogP contribution in [0.1, 0.15) is 22.4 Å². The molecule has 2 N–H and O–H groups in total. The molecule has 0 bridgehead atoms. The average Bonchev–Trinajstić information content (AvgIpc) is 3.26. The topological polar surface area (TPSA) is 92.0 Å². The standard InChI is InChI=1S/C31H25BrN4O3/c1-20-28(31(38)36(35-20)24-13-7-4-8-14-24)29(21-11-5-3-6-12-21)34-26-16-10-9-15-25(26)33-19-22-17-23(32)18-27(39-2)30(22)37/h3-19,35,37H,1-2H3. The Balaban J connectivity index is 1.65. The highest BCUT2D eigenvalue weighted by atomic mass is 79.9. The maximum absolute atomic E-state index is 13.7. The highest BCUT2D eigenvalue weighted by molar-refractivity contribution is 9.10. The molecule has 7 nitrogen and oxygen atoms in total. The minimum absolute atomic E-state index is 0.0141. The van der Waals surface area contributed by atoms with Crippen LogP contribution in [0.2, 0.25) is 0 Å². The summed E-state index contributed by atoms with van der Waals surface area (Å²) in [7, 11) is 1.49. The number of rotatable bonds is 7. The van der Waals surface area contributed by atoms with Crippen LogP contribution in [0.3, 0.4) is 0 Å². The average molecular weight is 581 g/mol. The minimum atomic E-state index is -0.201. The predicted molar refractivity (Wildman–Crippen MR) is 159 cm³/mol. The number of aromatic hydroxyl groups is 1. The molecular formula is C31H25BrN4O3. The van der Waals surface area contributed by atoms with E-state index in [1.54, 1.807) is 18.3 Å². The van der Waals surface area contributed by atoms with E-state index < -0.39 is 0 Å². The Morgan fingerprint density at radius 1 is 0.949 bits per heavy atom. The van der Waals surface area contributed by atoms with Gasteiger partial charge in [-0.05, 0) is 43.3 Å². The Bertz CT molecular complexity index is 1740. The van der Waals surface area contributed by atoms with E-state index in [-0.39, 0.29) is 11.3 Å². The van der Waals surface area contributed by atoms with E-state index in [4.69, 9.17) is 9.73 Å². The Labute approximate surface area is 233 Å². The van der Waals surface area contributed by atoms with Crippen molar-refractivity contribution in [2.45, 2.75) is 6.92 Å². The molecule has 8 heteroatoms. The zero-order chi connectivity index (χ0) is 27.4. The van der Waals surface area contributed by atoms with Crippen molar-refractivity contribution in [3.63, 3.8) is 0 Å². The zero-order valence-corrected chi connectivity index (χ0v) is 22.9. The van der Waals surface area contributed by atoms with Gasteiger partial charge in [-0.2, -0.15) is 0 Å². The molecule has 0 unspecified atom stereocenters. The maximum Gasteiger partial charge on any atom is 0.280 e. The van der Waals surface area contributed by atoms with Crippen LogP contribution in [0.25, 0.3) is 5.69 Å². The minimum Gasteiger partial charge on any atom is -0.504 e. The second kappa shape index (κ2) is 11.4. The van der Waals surface area contributed by atoms with Crippen LogP contribution in [0.4, 0.5) is 11.4 Å². The van der Waals surface area contributed by atoms with Crippen molar-refractivity contribution in [2.24, 2.45) is 9.98 Å². The van der Waals surface area contributed by atoms with E-state index in [0.29, 0.717) is 39.7 Å². The third kappa shape index (κ3) is 5.46. The number of H-pyrrole nitrogens is 1. The molecule has 0 amide bonds. The van der Waals surface area contributed by atoms with Crippen molar-refractivity contribution in [1.82, 2.24) is 9.78 Å². The molecule has 0 aliphatic rings. The molecule has 5 rings (SSSR count). The number of hydrogen-bond donors (Lipinski definition) is 2. The fourth-order valence-electron chi connectivity index (χ4n) is 4.22. The van der Waals surface area contributed by atoms with Gasteiger partial charge in [0.1, 0.15) is 0 Å².